The molecule has 1 heterocycles. The zero-order valence-corrected chi connectivity index (χ0v) is 14.6. The molecule has 2 aromatic rings. The number of hydrogen-bond donors (Lipinski definition) is 2. The van der Waals surface area contributed by atoms with Gasteiger partial charge < -0.3 is 20.3 Å². The van der Waals surface area contributed by atoms with E-state index in [1.54, 1.807) is 0 Å². The summed E-state index contributed by atoms with van der Waals surface area (Å²) in [7, 11) is 0. The zero-order valence-electron chi connectivity index (χ0n) is 14.6. The molecular formula is C20H25N3O2. The molecule has 1 fully saturated rings. The van der Waals surface area contributed by atoms with E-state index in [-0.39, 0.29) is 6.03 Å². The first-order valence-electron chi connectivity index (χ1n) is 8.82. The van der Waals surface area contributed by atoms with Crippen molar-refractivity contribution in [1.29, 1.82) is 0 Å². The molecule has 2 N–H and O–H groups in total. The van der Waals surface area contributed by atoms with E-state index in [1.807, 2.05) is 37.3 Å². The van der Waals surface area contributed by atoms with Crippen molar-refractivity contribution in [3.8, 4) is 5.75 Å². The van der Waals surface area contributed by atoms with Gasteiger partial charge in [0.1, 0.15) is 5.75 Å². The predicted molar refractivity (Wildman–Crippen MR) is 101 cm³/mol. The molecule has 5 heteroatoms. The Labute approximate surface area is 149 Å². The number of anilines is 2. The third kappa shape index (κ3) is 4.89. The lowest BCUT2D eigenvalue weighted by molar-refractivity contribution is 0.250. The Morgan fingerprint density at radius 2 is 1.92 bits per heavy atom. The van der Waals surface area contributed by atoms with Crippen molar-refractivity contribution < 1.29 is 9.53 Å². The summed E-state index contributed by atoms with van der Waals surface area (Å²) < 4.78 is 5.39. The monoisotopic (exact) mass is 339 g/mol. The number of rotatable bonds is 6. The maximum atomic E-state index is 12.1. The summed E-state index contributed by atoms with van der Waals surface area (Å²) in [5, 5.41) is 5.84. The summed E-state index contributed by atoms with van der Waals surface area (Å²) in [6.07, 6.45) is 1.10. The highest BCUT2D eigenvalue weighted by atomic mass is 16.5. The maximum absolute atomic E-state index is 12.1. The lowest BCUT2D eigenvalue weighted by Gasteiger charge is -2.18. The van der Waals surface area contributed by atoms with Crippen LogP contribution >= 0.6 is 0 Å². The molecule has 5 nitrogen and oxygen atoms in total. The minimum absolute atomic E-state index is 0.165. The quantitative estimate of drug-likeness (QED) is 0.843. The van der Waals surface area contributed by atoms with Crippen LogP contribution in [0.1, 0.15) is 13.3 Å². The molecule has 0 bridgehead atoms. The van der Waals surface area contributed by atoms with Crippen molar-refractivity contribution >= 4 is 17.4 Å². The van der Waals surface area contributed by atoms with E-state index in [1.165, 1.54) is 5.69 Å². The highest BCUT2D eigenvalue weighted by molar-refractivity contribution is 5.89. The Morgan fingerprint density at radius 1 is 1.16 bits per heavy atom. The Balaban J connectivity index is 1.42. The fourth-order valence-corrected chi connectivity index (χ4v) is 3.09. The zero-order chi connectivity index (χ0) is 17.5. The molecule has 1 saturated heterocycles. The number of urea groups is 1. The van der Waals surface area contributed by atoms with Crippen molar-refractivity contribution in [2.45, 2.75) is 13.3 Å². The molecule has 1 aliphatic rings. The number of nitrogens with zero attached hydrogens (tertiary/aromatic N) is 1. The molecule has 3 rings (SSSR count). The molecule has 2 aromatic carbocycles. The number of carbonyl (C=O) groups is 1. The summed E-state index contributed by atoms with van der Waals surface area (Å²) in [6, 6.07) is 17.7. The number of carbonyl (C=O) groups excluding carboxylic acids is 1. The maximum Gasteiger partial charge on any atom is 0.319 e. The molecule has 132 valence electrons. The molecule has 0 unspecified atom stereocenters. The van der Waals surface area contributed by atoms with Gasteiger partial charge in [0.25, 0.3) is 0 Å². The van der Waals surface area contributed by atoms with Crippen LogP contribution in [-0.2, 0) is 0 Å². The Bertz CT molecular complexity index is 673. The predicted octanol–water partition coefficient (Wildman–Crippen LogP) is 3.73. The number of ether oxygens (including phenoxy) is 1. The molecular weight excluding hydrogens is 314 g/mol. The number of amides is 2. The smallest absolute Gasteiger partial charge is 0.319 e. The lowest BCUT2D eigenvalue weighted by atomic mass is 10.1. The van der Waals surface area contributed by atoms with E-state index >= 15 is 0 Å². The van der Waals surface area contributed by atoms with Crippen molar-refractivity contribution in [1.82, 2.24) is 5.32 Å². The van der Waals surface area contributed by atoms with Gasteiger partial charge in [-0.1, -0.05) is 18.2 Å². The van der Waals surface area contributed by atoms with Crippen LogP contribution in [0.4, 0.5) is 16.2 Å². The van der Waals surface area contributed by atoms with E-state index in [0.717, 1.165) is 30.9 Å². The topological polar surface area (TPSA) is 53.6 Å². The molecule has 0 radical (unpaired) electrons. The third-order valence-corrected chi connectivity index (χ3v) is 4.38. The molecule has 2 amide bonds. The number of para-hydroxylation sites is 1. The highest BCUT2D eigenvalue weighted by Gasteiger charge is 2.22. The minimum atomic E-state index is -0.165. The van der Waals surface area contributed by atoms with Crippen LogP contribution in [0.3, 0.4) is 0 Å². The van der Waals surface area contributed by atoms with E-state index in [2.05, 4.69) is 39.8 Å². The van der Waals surface area contributed by atoms with Gasteiger partial charge in [0.2, 0.25) is 0 Å². The normalized spacial score (nSPS) is 16.5. The Hall–Kier alpha value is -2.69. The van der Waals surface area contributed by atoms with E-state index in [4.69, 9.17) is 4.74 Å². The van der Waals surface area contributed by atoms with Crippen molar-refractivity contribution in [2.75, 3.05) is 36.5 Å². The standard InChI is InChI=1S/C20H25N3O2/c1-2-25-19-10-8-17(9-11-19)22-20(24)21-14-16-12-13-23(15-16)18-6-4-3-5-7-18/h3-11,16H,2,12-15H2,1H3,(H2,21,22,24)/t16-/m1/s1. The first-order valence-corrected chi connectivity index (χ1v) is 8.82. The summed E-state index contributed by atoms with van der Waals surface area (Å²) in [4.78, 5) is 14.4. The molecule has 0 aliphatic carbocycles. The van der Waals surface area contributed by atoms with Gasteiger partial charge >= 0.3 is 6.03 Å². The first-order chi connectivity index (χ1) is 12.2. The van der Waals surface area contributed by atoms with Gasteiger partial charge in [0, 0.05) is 31.0 Å². The van der Waals surface area contributed by atoms with Gasteiger partial charge in [-0.3, -0.25) is 0 Å². The van der Waals surface area contributed by atoms with Crippen LogP contribution in [0.2, 0.25) is 0 Å². The number of benzene rings is 2. The molecule has 1 aliphatic heterocycles. The SMILES string of the molecule is CCOc1ccc(NC(=O)NC[C@H]2CCN(c3ccccc3)C2)cc1. The van der Waals surface area contributed by atoms with Gasteiger partial charge in [0.15, 0.2) is 0 Å². The Kier molecular flexibility index (Phi) is 5.77. The number of hydrogen-bond acceptors (Lipinski definition) is 3. The van der Waals surface area contributed by atoms with E-state index < -0.39 is 0 Å². The fourth-order valence-electron chi connectivity index (χ4n) is 3.09. The van der Waals surface area contributed by atoms with Crippen LogP contribution in [0.5, 0.6) is 5.75 Å². The van der Waals surface area contributed by atoms with Crippen LogP contribution in [-0.4, -0.2) is 32.3 Å². The third-order valence-electron chi connectivity index (χ3n) is 4.38. The largest absolute Gasteiger partial charge is 0.494 e. The fraction of sp³-hybridized carbons (Fsp3) is 0.350. The number of nitrogens with one attached hydrogen (secondary N) is 2. The van der Waals surface area contributed by atoms with Gasteiger partial charge in [-0.25, -0.2) is 4.79 Å². The van der Waals surface area contributed by atoms with Crippen LogP contribution < -0.4 is 20.3 Å². The summed E-state index contributed by atoms with van der Waals surface area (Å²) in [5.74, 6) is 1.28. The second-order valence-electron chi connectivity index (χ2n) is 6.23. The summed E-state index contributed by atoms with van der Waals surface area (Å²) in [6.45, 7) is 5.28. The van der Waals surface area contributed by atoms with Crippen molar-refractivity contribution in [2.24, 2.45) is 5.92 Å². The van der Waals surface area contributed by atoms with Gasteiger partial charge in [-0.2, -0.15) is 0 Å². The molecule has 25 heavy (non-hydrogen) atoms. The van der Waals surface area contributed by atoms with E-state index in [9.17, 15) is 4.79 Å². The molecule has 1 atom stereocenters. The first kappa shape index (κ1) is 17.1. The van der Waals surface area contributed by atoms with Gasteiger partial charge in [0.05, 0.1) is 6.61 Å². The van der Waals surface area contributed by atoms with Gasteiger partial charge in [-0.15, -0.1) is 0 Å². The van der Waals surface area contributed by atoms with Crippen LogP contribution in [0.15, 0.2) is 54.6 Å². The lowest BCUT2D eigenvalue weighted by Crippen LogP contribution is -2.34. The highest BCUT2D eigenvalue weighted by Crippen LogP contribution is 2.23. The van der Waals surface area contributed by atoms with Crippen molar-refractivity contribution in [3.05, 3.63) is 54.6 Å². The van der Waals surface area contributed by atoms with E-state index in [0.29, 0.717) is 19.1 Å². The van der Waals surface area contributed by atoms with Crippen molar-refractivity contribution in [3.63, 3.8) is 0 Å². The van der Waals surface area contributed by atoms with Crippen LogP contribution in [0, 0.1) is 5.92 Å². The second kappa shape index (κ2) is 8.42. The van der Waals surface area contributed by atoms with Crippen LogP contribution in [0.25, 0.3) is 0 Å². The summed E-state index contributed by atoms with van der Waals surface area (Å²) >= 11 is 0. The molecule has 0 saturated carbocycles. The molecule has 0 spiro atoms. The van der Waals surface area contributed by atoms with Gasteiger partial charge in [-0.05, 0) is 55.7 Å². The summed E-state index contributed by atoms with van der Waals surface area (Å²) in [5.41, 5.74) is 2.02. The average molecular weight is 339 g/mol. The second-order valence-corrected chi connectivity index (χ2v) is 6.23. The minimum Gasteiger partial charge on any atom is -0.494 e. The Morgan fingerprint density at radius 3 is 2.64 bits per heavy atom. The average Bonchev–Trinajstić information content (AvgIpc) is 3.12. The molecule has 0 aromatic heterocycles.